The van der Waals surface area contributed by atoms with E-state index in [1.54, 1.807) is 17.4 Å². The van der Waals surface area contributed by atoms with Gasteiger partial charge in [0, 0.05) is 36.6 Å². The molecule has 1 amide bonds. The van der Waals surface area contributed by atoms with Crippen molar-refractivity contribution in [3.05, 3.63) is 53.4 Å². The molecule has 1 N–H and O–H groups in total. The molecule has 0 atom stereocenters. The summed E-state index contributed by atoms with van der Waals surface area (Å²) in [4.78, 5) is 39.8. The monoisotopic (exact) mass is 365 g/mol. The number of hydrogen-bond acceptors (Lipinski definition) is 5. The summed E-state index contributed by atoms with van der Waals surface area (Å²) in [7, 11) is 0. The van der Waals surface area contributed by atoms with Gasteiger partial charge in [-0.25, -0.2) is 9.97 Å². The van der Waals surface area contributed by atoms with E-state index < -0.39 is 0 Å². The van der Waals surface area contributed by atoms with Crippen LogP contribution in [0.25, 0.3) is 11.3 Å². The van der Waals surface area contributed by atoms with Crippen LogP contribution in [-0.2, 0) is 11.2 Å². The second kappa shape index (κ2) is 6.98. The third kappa shape index (κ3) is 3.37. The smallest absolute Gasteiger partial charge is 0.271 e. The molecule has 7 nitrogen and oxygen atoms in total. The lowest BCUT2D eigenvalue weighted by molar-refractivity contribution is -0.130. The maximum atomic E-state index is 12.6. The number of H-pyrrole nitrogens is 1. The average Bonchev–Trinajstić information content (AvgIpc) is 3.49. The van der Waals surface area contributed by atoms with Gasteiger partial charge in [-0.3, -0.25) is 9.59 Å². The number of carbonyl (C=O) groups excluding carboxylic acids is 1. The lowest BCUT2D eigenvalue weighted by Gasteiger charge is -2.46. The summed E-state index contributed by atoms with van der Waals surface area (Å²) in [6, 6.07) is 4.39. The average molecular weight is 365 g/mol. The Bertz CT molecular complexity index is 928. The molecule has 1 saturated carbocycles. The van der Waals surface area contributed by atoms with Crippen LogP contribution in [0.15, 0.2) is 42.1 Å². The van der Waals surface area contributed by atoms with Gasteiger partial charge in [-0.05, 0) is 37.5 Å². The van der Waals surface area contributed by atoms with Gasteiger partial charge >= 0.3 is 0 Å². The number of likely N-dealkylation sites (tertiary alicyclic amines) is 1. The Morgan fingerprint density at radius 2 is 2.11 bits per heavy atom. The first-order valence-corrected chi connectivity index (χ1v) is 9.34. The van der Waals surface area contributed by atoms with Crippen LogP contribution in [0, 0.1) is 0 Å². The van der Waals surface area contributed by atoms with Crippen LogP contribution in [0.4, 0.5) is 5.69 Å². The molecular weight excluding hydrogens is 342 g/mol. The molecule has 0 spiro atoms. The van der Waals surface area contributed by atoms with Crippen molar-refractivity contribution in [2.45, 2.75) is 38.3 Å². The molecule has 2 fully saturated rings. The number of nitrogens with one attached hydrogen (secondary N) is 1. The maximum Gasteiger partial charge on any atom is 0.271 e. The van der Waals surface area contributed by atoms with Gasteiger partial charge in [0.15, 0.2) is 0 Å². The van der Waals surface area contributed by atoms with Gasteiger partial charge in [0.1, 0.15) is 12.0 Å². The van der Waals surface area contributed by atoms with E-state index in [9.17, 15) is 9.59 Å². The summed E-state index contributed by atoms with van der Waals surface area (Å²) in [6.45, 7) is 6.84. The van der Waals surface area contributed by atoms with Crippen molar-refractivity contribution in [2.24, 2.45) is 0 Å². The highest BCUT2D eigenvalue weighted by molar-refractivity contribution is 5.88. The van der Waals surface area contributed by atoms with Crippen molar-refractivity contribution in [1.82, 2.24) is 19.9 Å². The van der Waals surface area contributed by atoms with Crippen LogP contribution in [0.3, 0.4) is 0 Å². The first-order chi connectivity index (χ1) is 13.1. The predicted octanol–water partition coefficient (Wildman–Crippen LogP) is 1.76. The number of pyridine rings is 1. The number of aromatic nitrogens is 3. The number of aromatic amines is 1. The van der Waals surface area contributed by atoms with E-state index in [1.807, 2.05) is 19.1 Å². The fraction of sp³-hybridized carbons (Fsp3) is 0.400. The highest BCUT2D eigenvalue weighted by Crippen LogP contribution is 2.35. The van der Waals surface area contributed by atoms with Crippen LogP contribution in [-0.4, -0.2) is 50.9 Å². The Morgan fingerprint density at radius 1 is 1.33 bits per heavy atom. The molecule has 1 saturated heterocycles. The zero-order valence-corrected chi connectivity index (χ0v) is 15.4. The van der Waals surface area contributed by atoms with Crippen molar-refractivity contribution in [3.63, 3.8) is 0 Å². The van der Waals surface area contributed by atoms with E-state index in [1.165, 1.54) is 6.08 Å². The number of rotatable bonds is 6. The molecule has 4 rings (SSSR count). The molecule has 3 heterocycles. The number of carbonyl (C=O) groups is 1. The molecule has 1 aliphatic heterocycles. The molecule has 0 aromatic carbocycles. The lowest BCUT2D eigenvalue weighted by atomic mass is 10.0. The Balaban J connectivity index is 1.64. The van der Waals surface area contributed by atoms with Gasteiger partial charge in [0.25, 0.3) is 5.56 Å². The lowest BCUT2D eigenvalue weighted by Crippen LogP contribution is -2.62. The number of hydrogen-bond donors (Lipinski definition) is 1. The van der Waals surface area contributed by atoms with Crippen molar-refractivity contribution < 1.29 is 4.79 Å². The Morgan fingerprint density at radius 3 is 2.78 bits per heavy atom. The highest BCUT2D eigenvalue weighted by Gasteiger charge is 2.42. The largest absolute Gasteiger partial charge is 0.358 e. The standard InChI is InChI=1S/C20H23N5O2/c1-3-14-8-17(23-12-22-14)13-7-18(20(27)21-9-13)25(15-5-6-15)16-10-24(11-16)19(26)4-2/h4,7-9,12,15-16H,2-3,5-6,10-11H2,1H3,(H,21,27). The molecule has 7 heteroatoms. The van der Waals surface area contributed by atoms with Crippen molar-refractivity contribution in [1.29, 1.82) is 0 Å². The molecule has 2 aliphatic rings. The summed E-state index contributed by atoms with van der Waals surface area (Å²) in [5.74, 6) is -0.0577. The first kappa shape index (κ1) is 17.5. The molecule has 0 radical (unpaired) electrons. The van der Waals surface area contributed by atoms with Crippen LogP contribution in [0.5, 0.6) is 0 Å². The second-order valence-electron chi connectivity index (χ2n) is 7.09. The van der Waals surface area contributed by atoms with Gasteiger partial charge in [0.2, 0.25) is 5.91 Å². The number of anilines is 1. The Labute approximate surface area is 157 Å². The van der Waals surface area contributed by atoms with Crippen LogP contribution >= 0.6 is 0 Å². The molecule has 27 heavy (non-hydrogen) atoms. The normalized spacial score (nSPS) is 16.7. The van der Waals surface area contributed by atoms with E-state index in [4.69, 9.17) is 0 Å². The molecule has 140 valence electrons. The van der Waals surface area contributed by atoms with Gasteiger partial charge in [0.05, 0.1) is 11.7 Å². The molecule has 2 aromatic rings. The molecular formula is C20H23N5O2. The Hall–Kier alpha value is -2.96. The SMILES string of the molecule is C=CC(=O)N1CC(N(c2cc(-c3cc(CC)ncn3)c[nH]c2=O)C2CC2)C1. The highest BCUT2D eigenvalue weighted by atomic mass is 16.2. The van der Waals surface area contributed by atoms with E-state index in [0.29, 0.717) is 24.8 Å². The molecule has 0 bridgehead atoms. The summed E-state index contributed by atoms with van der Waals surface area (Å²) in [5.41, 5.74) is 3.17. The second-order valence-corrected chi connectivity index (χ2v) is 7.09. The third-order valence-corrected chi connectivity index (χ3v) is 5.23. The minimum Gasteiger partial charge on any atom is -0.358 e. The van der Waals surface area contributed by atoms with Gasteiger partial charge in [-0.2, -0.15) is 0 Å². The maximum absolute atomic E-state index is 12.6. The van der Waals surface area contributed by atoms with E-state index in [2.05, 4.69) is 26.4 Å². The molecule has 2 aromatic heterocycles. The zero-order chi connectivity index (χ0) is 19.0. The van der Waals surface area contributed by atoms with E-state index in [-0.39, 0.29) is 17.5 Å². The van der Waals surface area contributed by atoms with E-state index in [0.717, 1.165) is 36.2 Å². The fourth-order valence-electron chi connectivity index (χ4n) is 3.54. The van der Waals surface area contributed by atoms with Crippen molar-refractivity contribution in [2.75, 3.05) is 18.0 Å². The van der Waals surface area contributed by atoms with Crippen LogP contribution < -0.4 is 10.5 Å². The van der Waals surface area contributed by atoms with Gasteiger partial charge in [-0.1, -0.05) is 13.5 Å². The number of amides is 1. The first-order valence-electron chi connectivity index (χ1n) is 9.34. The fourth-order valence-corrected chi connectivity index (χ4v) is 3.54. The van der Waals surface area contributed by atoms with Crippen LogP contribution in [0.1, 0.15) is 25.5 Å². The van der Waals surface area contributed by atoms with E-state index >= 15 is 0 Å². The number of aryl methyl sites for hydroxylation is 1. The number of nitrogens with zero attached hydrogens (tertiary/aromatic N) is 4. The third-order valence-electron chi connectivity index (χ3n) is 5.23. The Kier molecular flexibility index (Phi) is 4.51. The summed E-state index contributed by atoms with van der Waals surface area (Å²) >= 11 is 0. The summed E-state index contributed by atoms with van der Waals surface area (Å²) in [5, 5.41) is 0. The summed E-state index contributed by atoms with van der Waals surface area (Å²) in [6.07, 6.45) is 7.57. The minimum absolute atomic E-state index is 0.0577. The van der Waals surface area contributed by atoms with Gasteiger partial charge in [-0.15, -0.1) is 0 Å². The molecule has 0 unspecified atom stereocenters. The summed E-state index contributed by atoms with van der Waals surface area (Å²) < 4.78 is 0. The minimum atomic E-state index is -0.107. The molecule has 1 aliphatic carbocycles. The van der Waals surface area contributed by atoms with Crippen molar-refractivity contribution >= 4 is 11.6 Å². The van der Waals surface area contributed by atoms with Crippen LogP contribution in [0.2, 0.25) is 0 Å². The topological polar surface area (TPSA) is 82.2 Å². The van der Waals surface area contributed by atoms with Gasteiger partial charge < -0.3 is 14.8 Å². The predicted molar refractivity (Wildman–Crippen MR) is 104 cm³/mol. The van der Waals surface area contributed by atoms with Crippen molar-refractivity contribution in [3.8, 4) is 11.3 Å². The zero-order valence-electron chi connectivity index (χ0n) is 15.4. The quantitative estimate of drug-likeness (QED) is 0.789.